The van der Waals surface area contributed by atoms with Crippen LogP contribution < -0.4 is 4.74 Å². The molecule has 0 bridgehead atoms. The number of hydrogen-bond acceptors (Lipinski definition) is 2. The fourth-order valence-electron chi connectivity index (χ4n) is 1.71. The van der Waals surface area contributed by atoms with E-state index in [1.165, 1.54) is 12.1 Å². The van der Waals surface area contributed by atoms with Crippen LogP contribution in [0.1, 0.15) is 29.9 Å². The second-order valence-electron chi connectivity index (χ2n) is 3.84. The van der Waals surface area contributed by atoms with Crippen molar-refractivity contribution in [3.05, 3.63) is 29.3 Å². The molecule has 88 valence electrons. The van der Waals surface area contributed by atoms with Crippen molar-refractivity contribution < 1.29 is 23.0 Å². The van der Waals surface area contributed by atoms with E-state index in [0.717, 1.165) is 18.4 Å². The highest BCUT2D eigenvalue weighted by molar-refractivity contribution is 5.39. The molecule has 1 saturated carbocycles. The summed E-state index contributed by atoms with van der Waals surface area (Å²) in [5.41, 5.74) is 1.45. The molecule has 16 heavy (non-hydrogen) atoms. The first-order chi connectivity index (χ1) is 7.49. The van der Waals surface area contributed by atoms with Gasteiger partial charge in [0.15, 0.2) is 0 Å². The Morgan fingerprint density at radius 2 is 2.00 bits per heavy atom. The van der Waals surface area contributed by atoms with Gasteiger partial charge in [0, 0.05) is 0 Å². The number of rotatable bonds is 3. The molecular formula is C11H11F3O2. The Labute approximate surface area is 90.7 Å². The van der Waals surface area contributed by atoms with Gasteiger partial charge in [0.05, 0.1) is 6.61 Å². The molecule has 2 rings (SSSR count). The zero-order valence-electron chi connectivity index (χ0n) is 8.42. The van der Waals surface area contributed by atoms with Crippen molar-refractivity contribution in [3.8, 4) is 5.75 Å². The first-order valence-corrected chi connectivity index (χ1v) is 4.99. The number of aliphatic hydroxyl groups excluding tert-OH is 1. The third-order valence-electron chi connectivity index (χ3n) is 2.54. The summed E-state index contributed by atoms with van der Waals surface area (Å²) in [4.78, 5) is 0. The summed E-state index contributed by atoms with van der Waals surface area (Å²) >= 11 is 0. The molecule has 1 aliphatic rings. The van der Waals surface area contributed by atoms with E-state index in [1.807, 2.05) is 0 Å². The molecule has 5 heteroatoms. The highest BCUT2D eigenvalue weighted by Crippen LogP contribution is 2.42. The number of benzene rings is 1. The van der Waals surface area contributed by atoms with Gasteiger partial charge in [-0.3, -0.25) is 0 Å². The molecule has 0 unspecified atom stereocenters. The molecule has 0 saturated heterocycles. The largest absolute Gasteiger partial charge is 0.573 e. The SMILES string of the molecule is OCc1cc(OC(F)(F)F)ccc1C1CC1. The van der Waals surface area contributed by atoms with Gasteiger partial charge < -0.3 is 9.84 Å². The average molecular weight is 232 g/mol. The monoisotopic (exact) mass is 232 g/mol. The van der Waals surface area contributed by atoms with Gasteiger partial charge in [-0.25, -0.2) is 0 Å². The molecule has 0 aliphatic heterocycles. The summed E-state index contributed by atoms with van der Waals surface area (Å²) in [6.45, 7) is -0.263. The molecule has 1 aliphatic carbocycles. The van der Waals surface area contributed by atoms with E-state index in [9.17, 15) is 13.2 Å². The van der Waals surface area contributed by atoms with Gasteiger partial charge in [0.1, 0.15) is 5.75 Å². The molecule has 0 spiro atoms. The highest BCUT2D eigenvalue weighted by Gasteiger charge is 2.32. The van der Waals surface area contributed by atoms with Crippen LogP contribution in [-0.2, 0) is 6.61 Å². The summed E-state index contributed by atoms with van der Waals surface area (Å²) in [7, 11) is 0. The second-order valence-corrected chi connectivity index (χ2v) is 3.84. The van der Waals surface area contributed by atoms with Crippen LogP contribution in [0.25, 0.3) is 0 Å². The lowest BCUT2D eigenvalue weighted by atomic mass is 10.0. The third kappa shape index (κ3) is 2.66. The minimum atomic E-state index is -4.69. The van der Waals surface area contributed by atoms with Crippen LogP contribution in [0.3, 0.4) is 0 Å². The molecule has 2 nitrogen and oxygen atoms in total. The van der Waals surface area contributed by atoms with E-state index < -0.39 is 6.36 Å². The van der Waals surface area contributed by atoms with Crippen LogP contribution in [0, 0.1) is 0 Å². The van der Waals surface area contributed by atoms with Gasteiger partial charge in [-0.15, -0.1) is 13.2 Å². The van der Waals surface area contributed by atoms with E-state index >= 15 is 0 Å². The first-order valence-electron chi connectivity index (χ1n) is 4.99. The van der Waals surface area contributed by atoms with Crippen LogP contribution >= 0.6 is 0 Å². The van der Waals surface area contributed by atoms with Gasteiger partial charge in [-0.1, -0.05) is 6.07 Å². The Morgan fingerprint density at radius 1 is 1.31 bits per heavy atom. The Hall–Kier alpha value is -1.23. The van der Waals surface area contributed by atoms with Crippen LogP contribution in [0.2, 0.25) is 0 Å². The molecule has 1 aromatic carbocycles. The Bertz CT molecular complexity index is 383. The molecule has 1 N–H and O–H groups in total. The standard InChI is InChI=1S/C11H11F3O2/c12-11(13,14)16-9-3-4-10(7-1-2-7)8(5-9)6-15/h3-5,7,15H,1-2,6H2. The zero-order valence-corrected chi connectivity index (χ0v) is 8.42. The van der Waals surface area contributed by atoms with Crippen molar-refractivity contribution in [1.82, 2.24) is 0 Å². The van der Waals surface area contributed by atoms with Crippen LogP contribution in [-0.4, -0.2) is 11.5 Å². The normalized spacial score (nSPS) is 16.2. The molecule has 1 aromatic rings. The van der Waals surface area contributed by atoms with Crippen LogP contribution in [0.5, 0.6) is 5.75 Å². The average Bonchev–Trinajstić information content (AvgIpc) is 2.98. The van der Waals surface area contributed by atoms with Crippen molar-refractivity contribution in [2.75, 3.05) is 0 Å². The van der Waals surface area contributed by atoms with Crippen molar-refractivity contribution in [2.45, 2.75) is 31.7 Å². The summed E-state index contributed by atoms with van der Waals surface area (Å²) < 4.78 is 39.7. The molecule has 1 fully saturated rings. The lowest BCUT2D eigenvalue weighted by molar-refractivity contribution is -0.274. The van der Waals surface area contributed by atoms with E-state index in [2.05, 4.69) is 4.74 Å². The van der Waals surface area contributed by atoms with Crippen molar-refractivity contribution in [2.24, 2.45) is 0 Å². The summed E-state index contributed by atoms with van der Waals surface area (Å²) in [6, 6.07) is 4.14. The predicted octanol–water partition coefficient (Wildman–Crippen LogP) is 2.95. The Morgan fingerprint density at radius 3 is 2.50 bits per heavy atom. The fraction of sp³-hybridized carbons (Fsp3) is 0.455. The van der Waals surface area contributed by atoms with Gasteiger partial charge in [0.2, 0.25) is 0 Å². The number of hydrogen-bond donors (Lipinski definition) is 1. The minimum Gasteiger partial charge on any atom is -0.406 e. The quantitative estimate of drug-likeness (QED) is 0.868. The topological polar surface area (TPSA) is 29.5 Å². The molecule has 0 amide bonds. The summed E-state index contributed by atoms with van der Waals surface area (Å²) in [5, 5.41) is 9.08. The number of ether oxygens (including phenoxy) is 1. The Kier molecular flexibility index (Phi) is 2.80. The van der Waals surface area contributed by atoms with Gasteiger partial charge in [-0.2, -0.15) is 0 Å². The number of aliphatic hydroxyl groups is 1. The highest BCUT2D eigenvalue weighted by atomic mass is 19.4. The van der Waals surface area contributed by atoms with Crippen molar-refractivity contribution in [1.29, 1.82) is 0 Å². The van der Waals surface area contributed by atoms with Gasteiger partial charge in [0.25, 0.3) is 0 Å². The maximum absolute atomic E-state index is 12.0. The summed E-state index contributed by atoms with van der Waals surface area (Å²) in [5.74, 6) is 0.114. The van der Waals surface area contributed by atoms with E-state index in [-0.39, 0.29) is 12.4 Å². The summed E-state index contributed by atoms with van der Waals surface area (Å²) in [6.07, 6.45) is -2.62. The van der Waals surface area contributed by atoms with Crippen LogP contribution in [0.4, 0.5) is 13.2 Å². The second kappa shape index (κ2) is 3.97. The molecule has 0 atom stereocenters. The van der Waals surface area contributed by atoms with E-state index in [4.69, 9.17) is 5.11 Å². The third-order valence-corrected chi connectivity index (χ3v) is 2.54. The lowest BCUT2D eigenvalue weighted by Gasteiger charge is -2.12. The number of alkyl halides is 3. The number of halogens is 3. The van der Waals surface area contributed by atoms with Gasteiger partial charge >= 0.3 is 6.36 Å². The smallest absolute Gasteiger partial charge is 0.406 e. The van der Waals surface area contributed by atoms with E-state index in [1.54, 1.807) is 6.07 Å². The van der Waals surface area contributed by atoms with Crippen molar-refractivity contribution >= 4 is 0 Å². The maximum atomic E-state index is 12.0. The Balaban J connectivity index is 2.22. The molecule has 0 aromatic heterocycles. The first kappa shape index (κ1) is 11.3. The molecule has 0 heterocycles. The van der Waals surface area contributed by atoms with Crippen molar-refractivity contribution in [3.63, 3.8) is 0 Å². The lowest BCUT2D eigenvalue weighted by Crippen LogP contribution is -2.17. The molecular weight excluding hydrogens is 221 g/mol. The fourth-order valence-corrected chi connectivity index (χ4v) is 1.71. The molecule has 0 radical (unpaired) electrons. The zero-order chi connectivity index (χ0) is 11.8. The maximum Gasteiger partial charge on any atom is 0.573 e. The van der Waals surface area contributed by atoms with Gasteiger partial charge in [-0.05, 0) is 42.0 Å². The van der Waals surface area contributed by atoms with E-state index in [0.29, 0.717) is 11.5 Å². The predicted molar refractivity (Wildman–Crippen MR) is 51.0 cm³/mol. The van der Waals surface area contributed by atoms with Crippen LogP contribution in [0.15, 0.2) is 18.2 Å². The minimum absolute atomic E-state index is 0.263.